The minimum absolute atomic E-state index is 0.0296. The number of terminal acetylenes is 1. The van der Waals surface area contributed by atoms with E-state index in [1.807, 2.05) is 0 Å². The molecule has 114 valence electrons. The van der Waals surface area contributed by atoms with Crippen molar-refractivity contribution < 1.29 is 26.7 Å². The van der Waals surface area contributed by atoms with Crippen LogP contribution in [-0.2, 0) is 24.7 Å². The molecule has 0 amide bonds. The van der Waals surface area contributed by atoms with Crippen LogP contribution in [-0.4, -0.2) is 62.1 Å². The van der Waals surface area contributed by atoms with Crippen molar-refractivity contribution in [2.75, 3.05) is 23.8 Å². The molecule has 20 heavy (non-hydrogen) atoms. The monoisotopic (exact) mass is 323 g/mol. The molecule has 0 bridgehead atoms. The van der Waals surface area contributed by atoms with Crippen molar-refractivity contribution in [2.24, 2.45) is 0 Å². The van der Waals surface area contributed by atoms with Crippen molar-refractivity contribution >= 4 is 25.8 Å². The van der Waals surface area contributed by atoms with Crippen molar-refractivity contribution in [1.29, 1.82) is 0 Å². The van der Waals surface area contributed by atoms with Gasteiger partial charge in [0.1, 0.15) is 0 Å². The fourth-order valence-electron chi connectivity index (χ4n) is 2.07. The summed E-state index contributed by atoms with van der Waals surface area (Å²) in [5.74, 6) is 0.505. The summed E-state index contributed by atoms with van der Waals surface area (Å²) in [6, 6.07) is -0.647. The van der Waals surface area contributed by atoms with Gasteiger partial charge < -0.3 is 5.11 Å². The van der Waals surface area contributed by atoms with Crippen molar-refractivity contribution in [1.82, 2.24) is 4.31 Å². The second kappa shape index (κ2) is 6.56. The molecule has 1 saturated heterocycles. The molecule has 1 heterocycles. The summed E-state index contributed by atoms with van der Waals surface area (Å²) in [4.78, 5) is 10.4. The zero-order chi connectivity index (χ0) is 15.4. The molecule has 0 aliphatic carbocycles. The third-order valence-corrected chi connectivity index (χ3v) is 6.71. The van der Waals surface area contributed by atoms with Crippen molar-refractivity contribution in [2.45, 2.75) is 25.3 Å². The zero-order valence-electron chi connectivity index (χ0n) is 10.9. The summed E-state index contributed by atoms with van der Waals surface area (Å²) >= 11 is 0. The number of hydrogen-bond acceptors (Lipinski definition) is 5. The molecule has 1 fully saturated rings. The van der Waals surface area contributed by atoms with Crippen LogP contribution in [0.5, 0.6) is 0 Å². The van der Waals surface area contributed by atoms with Gasteiger partial charge in [-0.3, -0.25) is 4.79 Å². The molecular formula is C11H17NO6S2. The SMILES string of the molecule is C#CCN(C1CCS(=O)(=O)C1)S(=O)(=O)CCCC(=O)O. The normalized spacial score (nSPS) is 21.7. The lowest BCUT2D eigenvalue weighted by atomic mass is 10.3. The molecule has 1 aliphatic rings. The lowest BCUT2D eigenvalue weighted by Crippen LogP contribution is -2.42. The second-order valence-electron chi connectivity index (χ2n) is 4.62. The zero-order valence-corrected chi connectivity index (χ0v) is 12.5. The number of nitrogens with zero attached hydrogens (tertiary/aromatic N) is 1. The summed E-state index contributed by atoms with van der Waals surface area (Å²) in [5.41, 5.74) is 0. The topological polar surface area (TPSA) is 109 Å². The minimum atomic E-state index is -3.75. The van der Waals surface area contributed by atoms with Gasteiger partial charge in [0, 0.05) is 12.5 Å². The lowest BCUT2D eigenvalue weighted by molar-refractivity contribution is -0.137. The Labute approximate surface area is 118 Å². The molecule has 0 aromatic heterocycles. The van der Waals surface area contributed by atoms with Gasteiger partial charge in [-0.15, -0.1) is 6.42 Å². The Kier molecular flexibility index (Phi) is 5.56. The highest BCUT2D eigenvalue weighted by atomic mass is 32.2. The number of sulfone groups is 1. The first-order chi connectivity index (χ1) is 9.18. The predicted molar refractivity (Wildman–Crippen MR) is 73.3 cm³/mol. The van der Waals surface area contributed by atoms with E-state index in [1.165, 1.54) is 0 Å². The number of aliphatic carboxylic acids is 1. The Morgan fingerprint density at radius 2 is 2.10 bits per heavy atom. The highest BCUT2D eigenvalue weighted by Gasteiger charge is 2.37. The molecule has 9 heteroatoms. The van der Waals surface area contributed by atoms with E-state index in [0.29, 0.717) is 0 Å². The summed E-state index contributed by atoms with van der Waals surface area (Å²) < 4.78 is 48.2. The maximum Gasteiger partial charge on any atom is 0.303 e. The molecule has 1 atom stereocenters. The molecule has 1 unspecified atom stereocenters. The molecule has 0 aromatic carbocycles. The number of rotatable bonds is 7. The largest absolute Gasteiger partial charge is 0.481 e. The number of carbonyl (C=O) groups is 1. The summed E-state index contributed by atoms with van der Waals surface area (Å²) in [6.07, 6.45) is 5.08. The molecule has 7 nitrogen and oxygen atoms in total. The van der Waals surface area contributed by atoms with Gasteiger partial charge >= 0.3 is 5.97 Å². The van der Waals surface area contributed by atoms with Gasteiger partial charge in [0.15, 0.2) is 9.84 Å². The number of hydrogen-bond donors (Lipinski definition) is 1. The molecule has 1 rings (SSSR count). The molecule has 0 saturated carbocycles. The van der Waals surface area contributed by atoms with Crippen LogP contribution in [0.4, 0.5) is 0 Å². The van der Waals surface area contributed by atoms with Gasteiger partial charge in [0.05, 0.1) is 23.8 Å². The van der Waals surface area contributed by atoms with Crippen LogP contribution in [0, 0.1) is 12.3 Å². The molecule has 0 aromatic rings. The molecular weight excluding hydrogens is 306 g/mol. The standard InChI is InChI=1S/C11H17NO6S2/c1-2-6-12(10-5-8-19(15,16)9-10)20(17,18)7-3-4-11(13)14/h1,10H,3-9H2,(H,13,14). The van der Waals surface area contributed by atoms with Crippen molar-refractivity contribution in [3.63, 3.8) is 0 Å². The van der Waals surface area contributed by atoms with Crippen LogP contribution in [0.2, 0.25) is 0 Å². The first kappa shape index (κ1) is 16.9. The Morgan fingerprint density at radius 3 is 2.55 bits per heavy atom. The van der Waals surface area contributed by atoms with Gasteiger partial charge in [-0.1, -0.05) is 5.92 Å². The Hall–Kier alpha value is -1.11. The highest BCUT2D eigenvalue weighted by molar-refractivity contribution is 7.92. The van der Waals surface area contributed by atoms with E-state index in [9.17, 15) is 21.6 Å². The smallest absolute Gasteiger partial charge is 0.303 e. The number of sulfonamides is 1. The maximum atomic E-state index is 12.1. The first-order valence-corrected chi connectivity index (χ1v) is 9.46. The fourth-order valence-corrected chi connectivity index (χ4v) is 5.54. The van der Waals surface area contributed by atoms with E-state index < -0.39 is 31.9 Å². The molecule has 1 N–H and O–H groups in total. The van der Waals surface area contributed by atoms with Crippen molar-refractivity contribution in [3.8, 4) is 12.3 Å². The maximum absolute atomic E-state index is 12.1. The quantitative estimate of drug-likeness (QED) is 0.621. The van der Waals surface area contributed by atoms with E-state index in [0.717, 1.165) is 4.31 Å². The number of carboxylic acid groups (broad SMARTS) is 1. The third-order valence-electron chi connectivity index (χ3n) is 3.01. The highest BCUT2D eigenvalue weighted by Crippen LogP contribution is 2.21. The van der Waals surface area contributed by atoms with Crippen molar-refractivity contribution in [3.05, 3.63) is 0 Å². The summed E-state index contributed by atoms with van der Waals surface area (Å²) in [6.45, 7) is -0.199. The Morgan fingerprint density at radius 1 is 1.45 bits per heavy atom. The predicted octanol–water partition coefficient (Wildman–Crippen LogP) is -0.697. The van der Waals surface area contributed by atoms with E-state index in [1.54, 1.807) is 0 Å². The fraction of sp³-hybridized carbons (Fsp3) is 0.727. The molecule has 0 spiro atoms. The average molecular weight is 323 g/mol. The lowest BCUT2D eigenvalue weighted by Gasteiger charge is -2.25. The summed E-state index contributed by atoms with van der Waals surface area (Å²) in [7, 11) is -6.97. The van der Waals surface area contributed by atoms with E-state index in [2.05, 4.69) is 5.92 Å². The van der Waals surface area contributed by atoms with Crippen LogP contribution < -0.4 is 0 Å². The van der Waals surface area contributed by atoms with Crippen LogP contribution >= 0.6 is 0 Å². The third kappa shape index (κ3) is 4.77. The van der Waals surface area contributed by atoms with Gasteiger partial charge in [-0.05, 0) is 12.8 Å². The second-order valence-corrected chi connectivity index (χ2v) is 8.89. The van der Waals surface area contributed by atoms with E-state index in [4.69, 9.17) is 11.5 Å². The van der Waals surface area contributed by atoms with E-state index >= 15 is 0 Å². The summed E-state index contributed by atoms with van der Waals surface area (Å²) in [5, 5.41) is 8.51. The van der Waals surface area contributed by atoms with E-state index in [-0.39, 0.29) is 43.1 Å². The molecule has 1 aliphatic heterocycles. The number of carboxylic acids is 1. The molecule has 0 radical (unpaired) electrons. The van der Waals surface area contributed by atoms with Gasteiger partial charge in [-0.25, -0.2) is 16.8 Å². The Balaban J connectivity index is 2.80. The van der Waals surface area contributed by atoms with Crippen LogP contribution in [0.15, 0.2) is 0 Å². The Bertz CT molecular complexity index is 601. The first-order valence-electron chi connectivity index (χ1n) is 6.03. The van der Waals surface area contributed by atoms with Crippen LogP contribution in [0.3, 0.4) is 0 Å². The van der Waals surface area contributed by atoms with Gasteiger partial charge in [-0.2, -0.15) is 4.31 Å². The average Bonchev–Trinajstić information content (AvgIpc) is 2.65. The van der Waals surface area contributed by atoms with Gasteiger partial charge in [0.2, 0.25) is 10.0 Å². The van der Waals surface area contributed by atoms with Crippen LogP contribution in [0.1, 0.15) is 19.3 Å². The van der Waals surface area contributed by atoms with Crippen LogP contribution in [0.25, 0.3) is 0 Å². The minimum Gasteiger partial charge on any atom is -0.481 e. The van der Waals surface area contributed by atoms with Gasteiger partial charge in [0.25, 0.3) is 0 Å².